The molecule has 2 aliphatic rings. The van der Waals surface area contributed by atoms with Crippen molar-refractivity contribution in [3.05, 3.63) is 0 Å². The smallest absolute Gasteiger partial charge is 0.236 e. The zero-order chi connectivity index (χ0) is 14.4. The minimum Gasteiger partial charge on any atom is -0.378 e. The van der Waals surface area contributed by atoms with Crippen molar-refractivity contribution in [2.24, 2.45) is 0 Å². The normalized spacial score (nSPS) is 26.5. The Morgan fingerprint density at radius 2 is 2.05 bits per heavy atom. The molecule has 116 valence electrons. The van der Waals surface area contributed by atoms with Crippen LogP contribution in [0.3, 0.4) is 0 Å². The Labute approximate surface area is 122 Å². The minimum absolute atomic E-state index is 0.267. The summed E-state index contributed by atoms with van der Waals surface area (Å²) in [5, 5.41) is 3.51. The molecule has 2 saturated heterocycles. The van der Waals surface area contributed by atoms with Crippen LogP contribution >= 0.6 is 0 Å². The van der Waals surface area contributed by atoms with E-state index in [1.54, 1.807) is 0 Å². The summed E-state index contributed by atoms with van der Waals surface area (Å²) in [4.78, 5) is 16.7. The number of carbonyl (C=O) groups excluding carboxylic acids is 1. The molecule has 0 aliphatic carbocycles. The molecule has 5 nitrogen and oxygen atoms in total. The van der Waals surface area contributed by atoms with E-state index in [2.05, 4.69) is 24.1 Å². The first-order valence-electron chi connectivity index (χ1n) is 8.05. The monoisotopic (exact) mass is 283 g/mol. The van der Waals surface area contributed by atoms with Crippen molar-refractivity contribution in [2.75, 3.05) is 45.9 Å². The third kappa shape index (κ3) is 4.17. The first-order chi connectivity index (χ1) is 9.72. The number of morpholine rings is 1. The van der Waals surface area contributed by atoms with Crippen molar-refractivity contribution in [2.45, 2.75) is 45.2 Å². The predicted octanol–water partition coefficient (Wildman–Crippen LogP) is 0.698. The number of nitrogens with zero attached hydrogens (tertiary/aromatic N) is 2. The lowest BCUT2D eigenvalue weighted by atomic mass is 9.96. The van der Waals surface area contributed by atoms with E-state index in [4.69, 9.17) is 4.74 Å². The molecule has 20 heavy (non-hydrogen) atoms. The third-order valence-electron chi connectivity index (χ3n) is 4.47. The largest absolute Gasteiger partial charge is 0.378 e. The van der Waals surface area contributed by atoms with Crippen molar-refractivity contribution in [1.29, 1.82) is 0 Å². The molecule has 1 N–H and O–H groups in total. The van der Waals surface area contributed by atoms with Gasteiger partial charge in [-0.15, -0.1) is 0 Å². The topological polar surface area (TPSA) is 44.8 Å². The molecule has 0 radical (unpaired) electrons. The van der Waals surface area contributed by atoms with Crippen LogP contribution in [0, 0.1) is 0 Å². The summed E-state index contributed by atoms with van der Waals surface area (Å²) in [6, 6.07) is 0.950. The van der Waals surface area contributed by atoms with Crippen LogP contribution in [0.5, 0.6) is 0 Å². The van der Waals surface area contributed by atoms with E-state index >= 15 is 0 Å². The highest BCUT2D eigenvalue weighted by molar-refractivity contribution is 5.78. The number of nitrogens with one attached hydrogen (secondary N) is 1. The average Bonchev–Trinajstić information content (AvgIpc) is 2.49. The summed E-state index contributed by atoms with van der Waals surface area (Å²) in [7, 11) is 0. The van der Waals surface area contributed by atoms with E-state index in [1.807, 2.05) is 4.90 Å². The fraction of sp³-hybridized carbons (Fsp3) is 0.933. The first kappa shape index (κ1) is 15.7. The number of hydrogen-bond acceptors (Lipinski definition) is 4. The number of rotatable bonds is 5. The molecule has 0 spiro atoms. The van der Waals surface area contributed by atoms with Crippen LogP contribution in [0.15, 0.2) is 0 Å². The van der Waals surface area contributed by atoms with Gasteiger partial charge in [-0.3, -0.25) is 9.69 Å². The average molecular weight is 283 g/mol. The maximum absolute atomic E-state index is 12.4. The van der Waals surface area contributed by atoms with Crippen LogP contribution in [-0.2, 0) is 9.53 Å². The Morgan fingerprint density at radius 1 is 1.30 bits per heavy atom. The molecule has 0 aromatic heterocycles. The zero-order valence-corrected chi connectivity index (χ0v) is 12.9. The van der Waals surface area contributed by atoms with Gasteiger partial charge in [0.2, 0.25) is 5.91 Å². The molecule has 0 aromatic carbocycles. The van der Waals surface area contributed by atoms with E-state index in [9.17, 15) is 4.79 Å². The molecule has 2 aliphatic heterocycles. The van der Waals surface area contributed by atoms with Gasteiger partial charge in [0.05, 0.1) is 19.8 Å². The molecule has 2 heterocycles. The maximum atomic E-state index is 12.4. The second-order valence-electron chi connectivity index (χ2n) is 5.87. The van der Waals surface area contributed by atoms with Crippen molar-refractivity contribution < 1.29 is 9.53 Å². The summed E-state index contributed by atoms with van der Waals surface area (Å²) < 4.78 is 5.31. The second-order valence-corrected chi connectivity index (χ2v) is 5.87. The van der Waals surface area contributed by atoms with Crippen LogP contribution in [0.4, 0.5) is 0 Å². The summed E-state index contributed by atoms with van der Waals surface area (Å²) in [6.07, 6.45) is 3.69. The lowest BCUT2D eigenvalue weighted by molar-refractivity contribution is -0.137. The number of ether oxygens (including phenoxy) is 1. The first-order valence-corrected chi connectivity index (χ1v) is 8.05. The molecule has 2 rings (SSSR count). The number of likely N-dealkylation sites (tertiary alicyclic amines) is 1. The molecule has 0 bridgehead atoms. The highest BCUT2D eigenvalue weighted by Gasteiger charge is 2.29. The third-order valence-corrected chi connectivity index (χ3v) is 4.47. The lowest BCUT2D eigenvalue weighted by Gasteiger charge is -2.40. The highest BCUT2D eigenvalue weighted by Crippen LogP contribution is 2.20. The zero-order valence-electron chi connectivity index (χ0n) is 12.9. The minimum atomic E-state index is 0.267. The fourth-order valence-electron chi connectivity index (χ4n) is 3.32. The number of hydrogen-bond donors (Lipinski definition) is 1. The molecule has 2 fully saturated rings. The van der Waals surface area contributed by atoms with Crippen molar-refractivity contribution in [3.8, 4) is 0 Å². The van der Waals surface area contributed by atoms with E-state index < -0.39 is 0 Å². The summed E-state index contributed by atoms with van der Waals surface area (Å²) in [5.41, 5.74) is 0. The predicted molar refractivity (Wildman–Crippen MR) is 79.7 cm³/mol. The molecule has 0 saturated carbocycles. The van der Waals surface area contributed by atoms with Gasteiger partial charge in [0.1, 0.15) is 0 Å². The van der Waals surface area contributed by atoms with Crippen LogP contribution in [0.25, 0.3) is 0 Å². The molecule has 2 atom stereocenters. The van der Waals surface area contributed by atoms with Crippen LogP contribution in [-0.4, -0.2) is 73.7 Å². The Hall–Kier alpha value is -0.650. The van der Waals surface area contributed by atoms with Gasteiger partial charge < -0.3 is 15.0 Å². The van der Waals surface area contributed by atoms with E-state index in [1.165, 1.54) is 19.3 Å². The number of likely N-dealkylation sites (N-methyl/N-ethyl adjacent to an activating group) is 1. The molecule has 1 amide bonds. The molecular formula is C15H29N3O2. The summed E-state index contributed by atoms with van der Waals surface area (Å²) in [5.74, 6) is 0.267. The van der Waals surface area contributed by atoms with Gasteiger partial charge in [0.25, 0.3) is 0 Å². The van der Waals surface area contributed by atoms with Crippen molar-refractivity contribution in [1.82, 2.24) is 15.1 Å². The Bertz CT molecular complexity index is 305. The van der Waals surface area contributed by atoms with E-state index in [0.717, 1.165) is 26.2 Å². The highest BCUT2D eigenvalue weighted by atomic mass is 16.5. The van der Waals surface area contributed by atoms with E-state index in [-0.39, 0.29) is 5.91 Å². The SMILES string of the molecule is CCNC(C)C1CCCCN1CC(=O)N1CCOCC1. The second kappa shape index (κ2) is 7.96. The molecular weight excluding hydrogens is 254 g/mol. The number of carbonyl (C=O) groups is 1. The van der Waals surface area contributed by atoms with Crippen LogP contribution in [0.1, 0.15) is 33.1 Å². The van der Waals surface area contributed by atoms with Gasteiger partial charge in [0, 0.05) is 25.2 Å². The van der Waals surface area contributed by atoms with Crippen LogP contribution < -0.4 is 5.32 Å². The Kier molecular flexibility index (Phi) is 6.26. The van der Waals surface area contributed by atoms with Crippen LogP contribution in [0.2, 0.25) is 0 Å². The lowest BCUT2D eigenvalue weighted by Crippen LogP contribution is -2.54. The summed E-state index contributed by atoms with van der Waals surface area (Å²) in [6.45, 7) is 9.86. The number of amides is 1. The fourth-order valence-corrected chi connectivity index (χ4v) is 3.32. The Morgan fingerprint density at radius 3 is 2.75 bits per heavy atom. The van der Waals surface area contributed by atoms with Gasteiger partial charge in [-0.2, -0.15) is 0 Å². The van der Waals surface area contributed by atoms with Gasteiger partial charge in [-0.25, -0.2) is 0 Å². The van der Waals surface area contributed by atoms with Gasteiger partial charge in [-0.05, 0) is 32.9 Å². The standard InChI is InChI=1S/C15H29N3O2/c1-3-16-13(2)14-6-4-5-7-18(14)12-15(19)17-8-10-20-11-9-17/h13-14,16H,3-12H2,1-2H3. The Balaban J connectivity index is 1.88. The van der Waals surface area contributed by atoms with Gasteiger partial charge >= 0.3 is 0 Å². The van der Waals surface area contributed by atoms with Gasteiger partial charge in [-0.1, -0.05) is 13.3 Å². The van der Waals surface area contributed by atoms with E-state index in [0.29, 0.717) is 31.8 Å². The quantitative estimate of drug-likeness (QED) is 0.807. The van der Waals surface area contributed by atoms with Gasteiger partial charge in [0.15, 0.2) is 0 Å². The molecule has 2 unspecified atom stereocenters. The molecule has 0 aromatic rings. The number of piperidine rings is 1. The molecule has 5 heteroatoms. The van der Waals surface area contributed by atoms with Crippen molar-refractivity contribution >= 4 is 5.91 Å². The summed E-state index contributed by atoms with van der Waals surface area (Å²) >= 11 is 0. The maximum Gasteiger partial charge on any atom is 0.236 e. The van der Waals surface area contributed by atoms with Crippen molar-refractivity contribution in [3.63, 3.8) is 0 Å².